The van der Waals surface area contributed by atoms with Crippen molar-refractivity contribution in [3.63, 3.8) is 0 Å². The molecule has 0 saturated carbocycles. The molecule has 1 aromatic carbocycles. The topological polar surface area (TPSA) is 0 Å². The summed E-state index contributed by atoms with van der Waals surface area (Å²) in [6.45, 7) is 2.01. The van der Waals surface area contributed by atoms with Crippen LogP contribution in [-0.4, -0.2) is 0 Å². The van der Waals surface area contributed by atoms with E-state index in [4.69, 9.17) is 12.2 Å². The normalized spacial score (nSPS) is 10.4. The van der Waals surface area contributed by atoms with E-state index in [0.29, 0.717) is 0 Å². The van der Waals surface area contributed by atoms with Gasteiger partial charge in [0.2, 0.25) is 0 Å². The molecular formula is C10H7FS3. The predicted octanol–water partition coefficient (Wildman–Crippen LogP) is 4.65. The molecule has 0 aliphatic carbocycles. The Hall–Kier alpha value is -0.580. The SMILES string of the molecule is Cc1c(-c2ccc(F)cc2)ssc1=S. The van der Waals surface area contributed by atoms with E-state index in [1.165, 1.54) is 12.1 Å². The Balaban J connectivity index is 2.55. The van der Waals surface area contributed by atoms with E-state index >= 15 is 0 Å². The van der Waals surface area contributed by atoms with Gasteiger partial charge in [0, 0.05) is 0 Å². The lowest BCUT2D eigenvalue weighted by Crippen LogP contribution is -1.77. The molecule has 1 aromatic heterocycles. The molecule has 0 unspecified atom stereocenters. The van der Waals surface area contributed by atoms with Gasteiger partial charge in [0.1, 0.15) is 9.64 Å². The first-order chi connectivity index (χ1) is 6.68. The minimum Gasteiger partial charge on any atom is -0.207 e. The van der Waals surface area contributed by atoms with Crippen molar-refractivity contribution in [3.8, 4) is 10.4 Å². The highest BCUT2D eigenvalue weighted by atomic mass is 32.9. The molecule has 0 bridgehead atoms. The average Bonchev–Trinajstić information content (AvgIpc) is 2.50. The Morgan fingerprint density at radius 2 is 1.79 bits per heavy atom. The smallest absolute Gasteiger partial charge is 0.123 e. The summed E-state index contributed by atoms with van der Waals surface area (Å²) >= 11 is 5.15. The van der Waals surface area contributed by atoms with Gasteiger partial charge in [-0.2, -0.15) is 0 Å². The zero-order valence-corrected chi connectivity index (χ0v) is 9.86. The summed E-state index contributed by atoms with van der Waals surface area (Å²) in [7, 11) is 3.24. The quantitative estimate of drug-likeness (QED) is 0.518. The fourth-order valence-corrected chi connectivity index (χ4v) is 4.06. The van der Waals surface area contributed by atoms with E-state index in [2.05, 4.69) is 0 Å². The summed E-state index contributed by atoms with van der Waals surface area (Å²) in [6.07, 6.45) is 0. The van der Waals surface area contributed by atoms with Gasteiger partial charge in [-0.3, -0.25) is 0 Å². The Labute approximate surface area is 94.0 Å². The number of hydrogen-bond acceptors (Lipinski definition) is 3. The van der Waals surface area contributed by atoms with Crippen LogP contribution >= 0.6 is 32.9 Å². The summed E-state index contributed by atoms with van der Waals surface area (Å²) in [5, 5.41) is 0. The molecule has 0 saturated heterocycles. The highest BCUT2D eigenvalue weighted by molar-refractivity contribution is 7.80. The molecule has 72 valence electrons. The average molecular weight is 242 g/mol. The van der Waals surface area contributed by atoms with Crippen molar-refractivity contribution in [3.05, 3.63) is 39.5 Å². The third-order valence-electron chi connectivity index (χ3n) is 1.95. The number of benzene rings is 1. The maximum Gasteiger partial charge on any atom is 0.123 e. The van der Waals surface area contributed by atoms with Crippen molar-refractivity contribution >= 4 is 32.9 Å². The van der Waals surface area contributed by atoms with Crippen LogP contribution in [0.5, 0.6) is 0 Å². The van der Waals surface area contributed by atoms with Crippen LogP contribution in [-0.2, 0) is 0 Å². The van der Waals surface area contributed by atoms with Gasteiger partial charge in [-0.1, -0.05) is 45.0 Å². The second kappa shape index (κ2) is 3.88. The maximum atomic E-state index is 12.7. The predicted molar refractivity (Wildman–Crippen MR) is 63.2 cm³/mol. The fraction of sp³-hybridized carbons (Fsp3) is 0.100. The minimum atomic E-state index is -0.203. The first-order valence-electron chi connectivity index (χ1n) is 4.04. The number of hydrogen-bond donors (Lipinski definition) is 0. The highest BCUT2D eigenvalue weighted by Crippen LogP contribution is 2.33. The van der Waals surface area contributed by atoms with Crippen molar-refractivity contribution in [2.24, 2.45) is 0 Å². The maximum absolute atomic E-state index is 12.7. The second-order valence-electron chi connectivity index (χ2n) is 2.92. The summed E-state index contributed by atoms with van der Waals surface area (Å²) < 4.78 is 13.6. The Morgan fingerprint density at radius 1 is 1.14 bits per heavy atom. The summed E-state index contributed by atoms with van der Waals surface area (Å²) in [5.41, 5.74) is 2.17. The van der Waals surface area contributed by atoms with Crippen molar-refractivity contribution in [1.82, 2.24) is 0 Å². The van der Waals surface area contributed by atoms with Gasteiger partial charge < -0.3 is 0 Å². The van der Waals surface area contributed by atoms with Crippen molar-refractivity contribution < 1.29 is 4.39 Å². The lowest BCUT2D eigenvalue weighted by Gasteiger charge is -1.97. The van der Waals surface area contributed by atoms with Gasteiger partial charge in [0.25, 0.3) is 0 Å². The molecule has 0 spiro atoms. The van der Waals surface area contributed by atoms with E-state index in [1.54, 1.807) is 32.8 Å². The fourth-order valence-electron chi connectivity index (χ4n) is 1.16. The van der Waals surface area contributed by atoms with Crippen molar-refractivity contribution in [1.29, 1.82) is 0 Å². The van der Waals surface area contributed by atoms with Crippen molar-refractivity contribution in [2.75, 3.05) is 0 Å². The number of halogens is 1. The Kier molecular flexibility index (Phi) is 2.76. The first kappa shape index (κ1) is 9.96. The van der Waals surface area contributed by atoms with Crippen LogP contribution < -0.4 is 0 Å². The third-order valence-corrected chi connectivity index (χ3v) is 5.33. The largest absolute Gasteiger partial charge is 0.207 e. The van der Waals surface area contributed by atoms with E-state index in [-0.39, 0.29) is 5.82 Å². The molecular weight excluding hydrogens is 235 g/mol. The molecule has 0 aliphatic heterocycles. The van der Waals surface area contributed by atoms with E-state index < -0.39 is 0 Å². The standard InChI is InChI=1S/C10H7FS3/c1-6-9(13-14-10(6)12)7-2-4-8(11)5-3-7/h2-5H,1H3. The Bertz CT molecular complexity index is 493. The molecule has 2 rings (SSSR count). The van der Waals surface area contributed by atoms with Crippen LogP contribution in [0, 0.1) is 16.6 Å². The first-order valence-corrected chi connectivity index (χ1v) is 6.60. The summed E-state index contributed by atoms with van der Waals surface area (Å²) in [5.74, 6) is -0.203. The molecule has 0 nitrogen and oxygen atoms in total. The highest BCUT2D eigenvalue weighted by Gasteiger charge is 2.05. The van der Waals surface area contributed by atoms with Crippen LogP contribution in [0.15, 0.2) is 24.3 Å². The summed E-state index contributed by atoms with van der Waals surface area (Å²) in [4.78, 5) is 1.15. The van der Waals surface area contributed by atoms with Gasteiger partial charge >= 0.3 is 0 Å². The van der Waals surface area contributed by atoms with Crippen LogP contribution in [0.3, 0.4) is 0 Å². The molecule has 4 heteroatoms. The lowest BCUT2D eigenvalue weighted by molar-refractivity contribution is 0.628. The van der Waals surface area contributed by atoms with Crippen LogP contribution in [0.2, 0.25) is 0 Å². The molecule has 0 N–H and O–H groups in total. The van der Waals surface area contributed by atoms with Crippen LogP contribution in [0.4, 0.5) is 4.39 Å². The summed E-state index contributed by atoms with van der Waals surface area (Å²) in [6, 6.07) is 6.52. The molecule has 1 heterocycles. The minimum absolute atomic E-state index is 0.203. The van der Waals surface area contributed by atoms with Crippen LogP contribution in [0.25, 0.3) is 10.4 Å². The zero-order chi connectivity index (χ0) is 10.1. The number of rotatable bonds is 1. The molecule has 0 atom stereocenters. The van der Waals surface area contributed by atoms with Crippen molar-refractivity contribution in [2.45, 2.75) is 6.92 Å². The van der Waals surface area contributed by atoms with Gasteiger partial charge in [0.05, 0.1) is 4.88 Å². The van der Waals surface area contributed by atoms with E-state index in [9.17, 15) is 4.39 Å². The monoisotopic (exact) mass is 242 g/mol. The zero-order valence-electron chi connectivity index (χ0n) is 7.41. The van der Waals surface area contributed by atoms with Gasteiger partial charge in [-0.05, 0) is 30.2 Å². The van der Waals surface area contributed by atoms with Crippen LogP contribution in [0.1, 0.15) is 5.56 Å². The molecule has 0 fully saturated rings. The van der Waals surface area contributed by atoms with Gasteiger partial charge in [0.15, 0.2) is 0 Å². The van der Waals surface area contributed by atoms with Gasteiger partial charge in [-0.15, -0.1) is 0 Å². The second-order valence-corrected chi connectivity index (χ2v) is 5.73. The Morgan fingerprint density at radius 3 is 2.29 bits per heavy atom. The third kappa shape index (κ3) is 1.78. The molecule has 0 aliphatic rings. The molecule has 2 aromatic rings. The molecule has 14 heavy (non-hydrogen) atoms. The molecule has 0 amide bonds. The van der Waals surface area contributed by atoms with Gasteiger partial charge in [-0.25, -0.2) is 4.39 Å². The van der Waals surface area contributed by atoms with E-state index in [1.807, 2.05) is 6.92 Å². The lowest BCUT2D eigenvalue weighted by atomic mass is 10.1. The van der Waals surface area contributed by atoms with E-state index in [0.717, 1.165) is 19.8 Å². The molecule has 0 radical (unpaired) electrons.